The fraction of sp³-hybridized carbons (Fsp3) is 0.0625. The first kappa shape index (κ1) is 14.6. The average Bonchev–Trinajstić information content (AvgIpc) is 2.47. The van der Waals surface area contributed by atoms with Crippen molar-refractivity contribution in [2.24, 2.45) is 0 Å². The third-order valence-electron chi connectivity index (χ3n) is 2.75. The van der Waals surface area contributed by atoms with Gasteiger partial charge >= 0.3 is 0 Å². The number of benzene rings is 2. The van der Waals surface area contributed by atoms with Gasteiger partial charge in [-0.3, -0.25) is 4.79 Å². The lowest BCUT2D eigenvalue weighted by molar-refractivity contribution is 0.104. The summed E-state index contributed by atoms with van der Waals surface area (Å²) < 4.78 is 5.22. The summed E-state index contributed by atoms with van der Waals surface area (Å²) in [5.41, 5.74) is 1.20. The van der Waals surface area contributed by atoms with Crippen molar-refractivity contribution in [2.75, 3.05) is 7.11 Å². The van der Waals surface area contributed by atoms with Gasteiger partial charge in [0.15, 0.2) is 5.78 Å². The molecule has 0 unspecified atom stereocenters. The molecule has 0 heterocycles. The maximum absolute atomic E-state index is 12.1. The van der Waals surface area contributed by atoms with E-state index in [9.17, 15) is 4.79 Å². The molecule has 2 rings (SSSR count). The number of carbonyl (C=O) groups excluding carboxylic acids is 1. The van der Waals surface area contributed by atoms with E-state index in [-0.39, 0.29) is 5.78 Å². The van der Waals surface area contributed by atoms with Crippen LogP contribution in [0, 0.1) is 0 Å². The van der Waals surface area contributed by atoms with Gasteiger partial charge in [0.2, 0.25) is 0 Å². The summed E-state index contributed by atoms with van der Waals surface area (Å²) in [5, 5.41) is 0.854. The van der Waals surface area contributed by atoms with Crippen molar-refractivity contribution < 1.29 is 9.53 Å². The standard InChI is InChI=1S/C16H12Cl2O2/c1-20-16-5-3-2-4-11(16)6-9-15(19)13-10-12(17)7-8-14(13)18/h2-10H,1H3/b9-6+. The molecule has 0 spiro atoms. The van der Waals surface area contributed by atoms with Crippen LogP contribution >= 0.6 is 23.2 Å². The Morgan fingerprint density at radius 3 is 2.65 bits per heavy atom. The molecule has 2 aromatic rings. The van der Waals surface area contributed by atoms with Crippen LogP contribution in [0.4, 0.5) is 0 Å². The molecule has 2 aromatic carbocycles. The van der Waals surface area contributed by atoms with Gasteiger partial charge in [0.1, 0.15) is 5.75 Å². The lowest BCUT2D eigenvalue weighted by Gasteiger charge is -2.04. The van der Waals surface area contributed by atoms with E-state index in [1.54, 1.807) is 31.4 Å². The van der Waals surface area contributed by atoms with Gasteiger partial charge in [-0.2, -0.15) is 0 Å². The van der Waals surface area contributed by atoms with E-state index in [1.807, 2.05) is 24.3 Å². The minimum Gasteiger partial charge on any atom is -0.496 e. The van der Waals surface area contributed by atoms with Crippen LogP contribution in [0.25, 0.3) is 6.08 Å². The fourth-order valence-electron chi connectivity index (χ4n) is 1.75. The van der Waals surface area contributed by atoms with Crippen molar-refractivity contribution in [2.45, 2.75) is 0 Å². The number of halogens is 2. The summed E-state index contributed by atoms with van der Waals surface area (Å²) in [6, 6.07) is 12.2. The topological polar surface area (TPSA) is 26.3 Å². The van der Waals surface area contributed by atoms with Crippen LogP contribution in [-0.2, 0) is 0 Å². The van der Waals surface area contributed by atoms with E-state index in [1.165, 1.54) is 6.08 Å². The summed E-state index contributed by atoms with van der Waals surface area (Å²) in [7, 11) is 1.59. The Bertz CT molecular complexity index is 663. The molecule has 0 aliphatic heterocycles. The molecule has 0 saturated carbocycles. The summed E-state index contributed by atoms with van der Waals surface area (Å²) in [4.78, 5) is 12.1. The first-order chi connectivity index (χ1) is 9.61. The van der Waals surface area contributed by atoms with Crippen LogP contribution in [0.5, 0.6) is 5.75 Å². The van der Waals surface area contributed by atoms with Gasteiger partial charge < -0.3 is 4.74 Å². The zero-order chi connectivity index (χ0) is 14.5. The maximum atomic E-state index is 12.1. The summed E-state index contributed by atoms with van der Waals surface area (Å²) >= 11 is 11.9. The van der Waals surface area contributed by atoms with Gasteiger partial charge in [0.05, 0.1) is 12.1 Å². The van der Waals surface area contributed by atoms with E-state index < -0.39 is 0 Å². The molecule has 0 atom stereocenters. The van der Waals surface area contributed by atoms with Gasteiger partial charge in [-0.25, -0.2) is 0 Å². The minimum atomic E-state index is -0.205. The molecule has 0 aliphatic carbocycles. The number of methoxy groups -OCH3 is 1. The Balaban J connectivity index is 2.27. The van der Waals surface area contributed by atoms with Crippen LogP contribution in [0.2, 0.25) is 10.0 Å². The van der Waals surface area contributed by atoms with Crippen molar-refractivity contribution >= 4 is 35.1 Å². The molecule has 0 amide bonds. The number of allylic oxidation sites excluding steroid dienone is 1. The van der Waals surface area contributed by atoms with Gasteiger partial charge in [0, 0.05) is 16.1 Å². The highest BCUT2D eigenvalue weighted by atomic mass is 35.5. The molecule has 20 heavy (non-hydrogen) atoms. The zero-order valence-electron chi connectivity index (χ0n) is 10.8. The molecule has 102 valence electrons. The number of para-hydroxylation sites is 1. The predicted molar refractivity (Wildman–Crippen MR) is 82.8 cm³/mol. The molecule has 0 saturated heterocycles. The van der Waals surface area contributed by atoms with Crippen LogP contribution in [0.1, 0.15) is 15.9 Å². The monoisotopic (exact) mass is 306 g/mol. The number of ether oxygens (including phenoxy) is 1. The van der Waals surface area contributed by atoms with Gasteiger partial charge in [-0.05, 0) is 36.4 Å². The highest BCUT2D eigenvalue weighted by molar-refractivity contribution is 6.36. The van der Waals surface area contributed by atoms with Crippen molar-refractivity contribution in [3.63, 3.8) is 0 Å². The van der Waals surface area contributed by atoms with Crippen molar-refractivity contribution in [3.05, 3.63) is 69.7 Å². The Morgan fingerprint density at radius 1 is 1.15 bits per heavy atom. The van der Waals surface area contributed by atoms with Crippen LogP contribution in [0.15, 0.2) is 48.5 Å². The fourth-order valence-corrected chi connectivity index (χ4v) is 2.13. The molecule has 4 heteroatoms. The van der Waals surface area contributed by atoms with Gasteiger partial charge in [-0.15, -0.1) is 0 Å². The Kier molecular flexibility index (Phi) is 4.83. The molecular weight excluding hydrogens is 295 g/mol. The molecule has 0 radical (unpaired) electrons. The second kappa shape index (κ2) is 6.60. The second-order valence-electron chi connectivity index (χ2n) is 4.06. The van der Waals surface area contributed by atoms with Crippen molar-refractivity contribution in [1.29, 1.82) is 0 Å². The highest BCUT2D eigenvalue weighted by Gasteiger charge is 2.08. The van der Waals surface area contributed by atoms with Crippen LogP contribution < -0.4 is 4.74 Å². The third-order valence-corrected chi connectivity index (χ3v) is 3.31. The van der Waals surface area contributed by atoms with E-state index >= 15 is 0 Å². The molecule has 0 aromatic heterocycles. The number of hydrogen-bond donors (Lipinski definition) is 0. The van der Waals surface area contributed by atoms with Crippen LogP contribution in [0.3, 0.4) is 0 Å². The third kappa shape index (κ3) is 3.41. The maximum Gasteiger partial charge on any atom is 0.187 e. The first-order valence-electron chi connectivity index (χ1n) is 5.92. The average molecular weight is 307 g/mol. The number of ketones is 1. The molecular formula is C16H12Cl2O2. The number of rotatable bonds is 4. The number of hydrogen-bond acceptors (Lipinski definition) is 2. The minimum absolute atomic E-state index is 0.205. The largest absolute Gasteiger partial charge is 0.496 e. The molecule has 0 aliphatic rings. The summed E-state index contributed by atoms with van der Waals surface area (Å²) in [5.74, 6) is 0.497. The lowest BCUT2D eigenvalue weighted by Crippen LogP contribution is -1.95. The van der Waals surface area contributed by atoms with Crippen molar-refractivity contribution in [1.82, 2.24) is 0 Å². The number of carbonyl (C=O) groups is 1. The zero-order valence-corrected chi connectivity index (χ0v) is 12.3. The lowest BCUT2D eigenvalue weighted by atomic mass is 10.1. The smallest absolute Gasteiger partial charge is 0.187 e. The SMILES string of the molecule is COc1ccccc1/C=C/C(=O)c1cc(Cl)ccc1Cl. The predicted octanol–water partition coefficient (Wildman–Crippen LogP) is 4.90. The first-order valence-corrected chi connectivity index (χ1v) is 6.68. The van der Waals surface area contributed by atoms with Gasteiger partial charge in [0.25, 0.3) is 0 Å². The van der Waals surface area contributed by atoms with Crippen LogP contribution in [-0.4, -0.2) is 12.9 Å². The molecule has 0 fully saturated rings. The molecule has 0 bridgehead atoms. The van der Waals surface area contributed by atoms with Crippen molar-refractivity contribution in [3.8, 4) is 5.75 Å². The Hall–Kier alpha value is -1.77. The van der Waals surface area contributed by atoms with E-state index in [2.05, 4.69) is 0 Å². The quantitative estimate of drug-likeness (QED) is 0.593. The molecule has 0 N–H and O–H groups in total. The van der Waals surface area contributed by atoms with E-state index in [4.69, 9.17) is 27.9 Å². The van der Waals surface area contributed by atoms with E-state index in [0.29, 0.717) is 21.4 Å². The van der Waals surface area contributed by atoms with Gasteiger partial charge in [-0.1, -0.05) is 41.4 Å². The normalized spacial score (nSPS) is 10.8. The Morgan fingerprint density at radius 2 is 1.90 bits per heavy atom. The summed E-state index contributed by atoms with van der Waals surface area (Å²) in [6.07, 6.45) is 3.15. The molecule has 2 nitrogen and oxygen atoms in total. The highest BCUT2D eigenvalue weighted by Crippen LogP contribution is 2.23. The van der Waals surface area contributed by atoms with E-state index in [0.717, 1.165) is 5.56 Å². The Labute approximate surface area is 127 Å². The second-order valence-corrected chi connectivity index (χ2v) is 4.91. The summed E-state index contributed by atoms with van der Waals surface area (Å²) in [6.45, 7) is 0.